The number of non-ortho nitro benzene ring substituents is 1. The molecule has 1 aromatic carbocycles. The van der Waals surface area contributed by atoms with Gasteiger partial charge in [-0.25, -0.2) is 0 Å². The lowest BCUT2D eigenvalue weighted by Gasteiger charge is -2.08. The lowest BCUT2D eigenvalue weighted by molar-refractivity contribution is -0.384. The SMILES string of the molecule is CC1Cc2cc([N+](=O)[O-])ccc2C1N. The predicted octanol–water partition coefficient (Wildman–Crippen LogP) is 1.79. The van der Waals surface area contributed by atoms with E-state index in [0.717, 1.165) is 17.5 Å². The zero-order chi connectivity index (χ0) is 10.3. The van der Waals surface area contributed by atoms with Gasteiger partial charge in [0.1, 0.15) is 0 Å². The minimum absolute atomic E-state index is 0.0332. The van der Waals surface area contributed by atoms with Crippen molar-refractivity contribution in [3.63, 3.8) is 0 Å². The van der Waals surface area contributed by atoms with E-state index in [0.29, 0.717) is 5.92 Å². The first-order valence-electron chi connectivity index (χ1n) is 4.62. The highest BCUT2D eigenvalue weighted by Gasteiger charge is 2.27. The molecular weight excluding hydrogens is 180 g/mol. The summed E-state index contributed by atoms with van der Waals surface area (Å²) in [5.41, 5.74) is 8.19. The molecule has 0 heterocycles. The average molecular weight is 192 g/mol. The first-order chi connectivity index (χ1) is 6.59. The molecule has 0 fully saturated rings. The number of fused-ring (bicyclic) bond motifs is 1. The number of nitrogens with zero attached hydrogens (tertiary/aromatic N) is 1. The Morgan fingerprint density at radius 2 is 2.29 bits per heavy atom. The number of hydrogen-bond acceptors (Lipinski definition) is 3. The monoisotopic (exact) mass is 192 g/mol. The Bertz CT molecular complexity index is 390. The van der Waals surface area contributed by atoms with Crippen LogP contribution in [0.25, 0.3) is 0 Å². The minimum atomic E-state index is -0.366. The Labute approximate surface area is 81.9 Å². The molecule has 0 amide bonds. The summed E-state index contributed by atoms with van der Waals surface area (Å²) in [6.07, 6.45) is 0.845. The molecule has 14 heavy (non-hydrogen) atoms. The van der Waals surface area contributed by atoms with Gasteiger partial charge in [-0.2, -0.15) is 0 Å². The van der Waals surface area contributed by atoms with Crippen molar-refractivity contribution >= 4 is 5.69 Å². The fourth-order valence-electron chi connectivity index (χ4n) is 1.99. The third-order valence-electron chi connectivity index (χ3n) is 2.85. The Kier molecular flexibility index (Phi) is 2.00. The molecule has 2 rings (SSSR count). The fourth-order valence-corrected chi connectivity index (χ4v) is 1.99. The van der Waals surface area contributed by atoms with Crippen LogP contribution in [-0.4, -0.2) is 4.92 Å². The molecule has 74 valence electrons. The van der Waals surface area contributed by atoms with Gasteiger partial charge in [-0.1, -0.05) is 13.0 Å². The summed E-state index contributed by atoms with van der Waals surface area (Å²) in [5, 5.41) is 10.5. The number of nitrogens with two attached hydrogens (primary N) is 1. The van der Waals surface area contributed by atoms with Crippen LogP contribution in [0, 0.1) is 16.0 Å². The topological polar surface area (TPSA) is 69.2 Å². The van der Waals surface area contributed by atoms with Crippen molar-refractivity contribution < 1.29 is 4.92 Å². The third-order valence-corrected chi connectivity index (χ3v) is 2.85. The van der Waals surface area contributed by atoms with Crippen molar-refractivity contribution in [2.45, 2.75) is 19.4 Å². The number of benzene rings is 1. The lowest BCUT2D eigenvalue weighted by atomic mass is 10.0. The van der Waals surface area contributed by atoms with Crippen molar-refractivity contribution in [2.24, 2.45) is 11.7 Å². The molecule has 0 bridgehead atoms. The summed E-state index contributed by atoms with van der Waals surface area (Å²) >= 11 is 0. The van der Waals surface area contributed by atoms with Gasteiger partial charge in [0, 0.05) is 18.2 Å². The van der Waals surface area contributed by atoms with Gasteiger partial charge in [0.2, 0.25) is 0 Å². The lowest BCUT2D eigenvalue weighted by Crippen LogP contribution is -2.13. The van der Waals surface area contributed by atoms with E-state index < -0.39 is 0 Å². The third kappa shape index (κ3) is 1.28. The Morgan fingerprint density at radius 1 is 1.57 bits per heavy atom. The maximum absolute atomic E-state index is 10.5. The second kappa shape index (κ2) is 3.06. The van der Waals surface area contributed by atoms with Gasteiger partial charge in [0.15, 0.2) is 0 Å². The summed E-state index contributed by atoms with van der Waals surface area (Å²) in [5.74, 6) is 0.381. The molecule has 2 N–H and O–H groups in total. The normalized spacial score (nSPS) is 24.7. The van der Waals surface area contributed by atoms with Crippen molar-refractivity contribution in [3.8, 4) is 0 Å². The quantitative estimate of drug-likeness (QED) is 0.544. The smallest absolute Gasteiger partial charge is 0.269 e. The summed E-state index contributed by atoms with van der Waals surface area (Å²) < 4.78 is 0. The van der Waals surface area contributed by atoms with Crippen LogP contribution in [0.3, 0.4) is 0 Å². The molecule has 0 saturated heterocycles. The first-order valence-corrected chi connectivity index (χ1v) is 4.62. The average Bonchev–Trinajstić information content (AvgIpc) is 2.42. The van der Waals surface area contributed by atoms with Crippen LogP contribution in [0.4, 0.5) is 5.69 Å². The van der Waals surface area contributed by atoms with Crippen LogP contribution in [0.5, 0.6) is 0 Å². The van der Waals surface area contributed by atoms with Gasteiger partial charge in [-0.05, 0) is 23.5 Å². The summed E-state index contributed by atoms with van der Waals surface area (Å²) in [7, 11) is 0. The Balaban J connectivity index is 2.44. The maximum atomic E-state index is 10.5. The van der Waals surface area contributed by atoms with Crippen LogP contribution in [0.15, 0.2) is 18.2 Å². The Morgan fingerprint density at radius 3 is 2.93 bits per heavy atom. The molecule has 4 heteroatoms. The molecule has 4 nitrogen and oxygen atoms in total. The van der Waals surface area contributed by atoms with Gasteiger partial charge in [0.05, 0.1) is 4.92 Å². The number of nitro groups is 1. The van der Waals surface area contributed by atoms with Gasteiger partial charge >= 0.3 is 0 Å². The summed E-state index contributed by atoms with van der Waals surface area (Å²) in [4.78, 5) is 10.2. The van der Waals surface area contributed by atoms with Crippen LogP contribution in [0.1, 0.15) is 24.1 Å². The second-order valence-corrected chi connectivity index (χ2v) is 3.85. The number of hydrogen-bond donors (Lipinski definition) is 1. The second-order valence-electron chi connectivity index (χ2n) is 3.85. The van der Waals surface area contributed by atoms with Crippen LogP contribution in [0.2, 0.25) is 0 Å². The fraction of sp³-hybridized carbons (Fsp3) is 0.400. The molecule has 0 aliphatic heterocycles. The minimum Gasteiger partial charge on any atom is -0.324 e. The highest BCUT2D eigenvalue weighted by atomic mass is 16.6. The van der Waals surface area contributed by atoms with E-state index in [1.54, 1.807) is 12.1 Å². The Hall–Kier alpha value is -1.42. The van der Waals surface area contributed by atoms with Crippen LogP contribution >= 0.6 is 0 Å². The molecule has 2 atom stereocenters. The van der Waals surface area contributed by atoms with E-state index >= 15 is 0 Å². The van der Waals surface area contributed by atoms with Crippen LogP contribution < -0.4 is 5.73 Å². The molecule has 1 aliphatic carbocycles. The number of nitro benzene ring substituents is 1. The van der Waals surface area contributed by atoms with E-state index in [-0.39, 0.29) is 16.7 Å². The largest absolute Gasteiger partial charge is 0.324 e. The van der Waals surface area contributed by atoms with E-state index in [9.17, 15) is 10.1 Å². The van der Waals surface area contributed by atoms with Crippen LogP contribution in [-0.2, 0) is 6.42 Å². The van der Waals surface area contributed by atoms with E-state index in [1.807, 2.05) is 0 Å². The van der Waals surface area contributed by atoms with E-state index in [1.165, 1.54) is 6.07 Å². The zero-order valence-electron chi connectivity index (χ0n) is 7.93. The summed E-state index contributed by atoms with van der Waals surface area (Å²) in [6.45, 7) is 2.07. The molecule has 0 spiro atoms. The molecule has 1 aliphatic rings. The predicted molar refractivity (Wildman–Crippen MR) is 52.9 cm³/mol. The molecule has 1 aromatic rings. The van der Waals surface area contributed by atoms with Crippen molar-refractivity contribution in [2.75, 3.05) is 0 Å². The van der Waals surface area contributed by atoms with Crippen molar-refractivity contribution in [1.29, 1.82) is 0 Å². The highest BCUT2D eigenvalue weighted by Crippen LogP contribution is 2.35. The van der Waals surface area contributed by atoms with Gasteiger partial charge in [0.25, 0.3) is 5.69 Å². The maximum Gasteiger partial charge on any atom is 0.269 e. The van der Waals surface area contributed by atoms with Crippen molar-refractivity contribution in [3.05, 3.63) is 39.4 Å². The van der Waals surface area contributed by atoms with Gasteiger partial charge in [-0.3, -0.25) is 10.1 Å². The molecule has 0 radical (unpaired) electrons. The van der Waals surface area contributed by atoms with Gasteiger partial charge in [-0.15, -0.1) is 0 Å². The number of rotatable bonds is 1. The van der Waals surface area contributed by atoms with E-state index in [4.69, 9.17) is 5.73 Å². The van der Waals surface area contributed by atoms with Crippen molar-refractivity contribution in [1.82, 2.24) is 0 Å². The molecular formula is C10H12N2O2. The molecule has 0 aromatic heterocycles. The standard InChI is InChI=1S/C10H12N2O2/c1-6-4-7-5-8(12(13)14)2-3-9(7)10(6)11/h2-3,5-6,10H,4,11H2,1H3. The first kappa shape index (κ1) is 9.15. The van der Waals surface area contributed by atoms with Gasteiger partial charge < -0.3 is 5.73 Å². The summed E-state index contributed by atoms with van der Waals surface area (Å²) in [6, 6.07) is 4.97. The molecule has 0 saturated carbocycles. The highest BCUT2D eigenvalue weighted by molar-refractivity contribution is 5.44. The molecule has 2 unspecified atom stereocenters. The van der Waals surface area contributed by atoms with E-state index in [2.05, 4.69) is 6.92 Å². The zero-order valence-corrected chi connectivity index (χ0v) is 7.93.